The smallest absolute Gasteiger partial charge is 0.183 e. The van der Waals surface area contributed by atoms with E-state index in [1.165, 1.54) is 0 Å². The van der Waals surface area contributed by atoms with Crippen LogP contribution in [0.3, 0.4) is 0 Å². The van der Waals surface area contributed by atoms with E-state index < -0.39 is 10.6 Å². The minimum Gasteiger partial charge on any atom is -0.183 e. The van der Waals surface area contributed by atoms with E-state index in [4.69, 9.17) is 12.6 Å². The molecule has 0 amide bonds. The standard InChI is InChI=1S/CH4S.O3S/c1-2;1-4(2)3/h2H,1H3;. The highest BCUT2D eigenvalue weighted by molar-refractivity contribution is 7.79. The van der Waals surface area contributed by atoms with Crippen LogP contribution in [0.5, 0.6) is 0 Å². The van der Waals surface area contributed by atoms with Crippen LogP contribution in [0, 0.1) is 0 Å². The van der Waals surface area contributed by atoms with E-state index in [0.29, 0.717) is 0 Å². The van der Waals surface area contributed by atoms with Gasteiger partial charge in [-0.2, -0.15) is 12.6 Å². The molecular formula is CH4O3S2. The van der Waals surface area contributed by atoms with Crippen LogP contribution in [0.1, 0.15) is 0 Å². The summed E-state index contributed by atoms with van der Waals surface area (Å²) in [5.74, 6) is 0. The van der Waals surface area contributed by atoms with Crippen LogP contribution in [-0.2, 0) is 10.6 Å². The van der Waals surface area contributed by atoms with Gasteiger partial charge in [0.25, 0.3) is 0 Å². The second kappa shape index (κ2) is 8.88. The number of hydrogen-bond acceptors (Lipinski definition) is 4. The fourth-order valence-corrected chi connectivity index (χ4v) is 0. The Kier molecular flexibility index (Phi) is 13.8. The van der Waals surface area contributed by atoms with Crippen molar-refractivity contribution in [1.82, 2.24) is 0 Å². The van der Waals surface area contributed by atoms with Crippen LogP contribution in [0.2, 0.25) is 0 Å². The summed E-state index contributed by atoms with van der Waals surface area (Å²) < 4.78 is 25.3. The zero-order valence-electron chi connectivity index (χ0n) is 3.08. The molecule has 0 bridgehead atoms. The Hall–Kier alpha value is -0.0300. The molecule has 0 unspecified atom stereocenters. The first-order chi connectivity index (χ1) is 2.73. The lowest BCUT2D eigenvalue weighted by Gasteiger charge is -1.11. The van der Waals surface area contributed by atoms with E-state index in [1.807, 2.05) is 0 Å². The normalized spacial score (nSPS) is 5.00. The molecule has 0 aromatic rings. The summed E-state index contributed by atoms with van der Waals surface area (Å²) in [7, 11) is -3.11. The van der Waals surface area contributed by atoms with Gasteiger partial charge in [-0.15, -0.1) is 12.6 Å². The molecule has 0 rings (SSSR count). The molecule has 0 saturated carbocycles. The maximum atomic E-state index is 8.44. The average Bonchev–Trinajstić information content (AvgIpc) is 1.41. The first kappa shape index (κ1) is 9.36. The van der Waals surface area contributed by atoms with Crippen LogP contribution in [-0.4, -0.2) is 18.9 Å². The Labute approximate surface area is 42.8 Å². The SMILES string of the molecule is CS.O=S(=O)=O. The van der Waals surface area contributed by atoms with Crippen molar-refractivity contribution in [2.24, 2.45) is 0 Å². The molecule has 6 heavy (non-hydrogen) atoms. The summed E-state index contributed by atoms with van der Waals surface area (Å²) >= 11 is 3.53. The minimum absolute atomic E-state index is 1.69. The van der Waals surface area contributed by atoms with Gasteiger partial charge in [0.2, 0.25) is 0 Å². The highest BCUT2D eigenvalue weighted by Gasteiger charge is 1.40. The predicted molar refractivity (Wildman–Crippen MR) is 24.6 cm³/mol. The van der Waals surface area contributed by atoms with Crippen LogP contribution in [0.15, 0.2) is 0 Å². The lowest BCUT2D eigenvalue weighted by Crippen LogP contribution is -1.40. The topological polar surface area (TPSA) is 51.2 Å². The van der Waals surface area contributed by atoms with Gasteiger partial charge in [-0.3, -0.25) is 0 Å². The summed E-state index contributed by atoms with van der Waals surface area (Å²) in [5.41, 5.74) is 0. The Morgan fingerprint density at radius 2 is 1.17 bits per heavy atom. The van der Waals surface area contributed by atoms with Crippen LogP contribution < -0.4 is 0 Å². The molecule has 0 atom stereocenters. The van der Waals surface area contributed by atoms with Crippen molar-refractivity contribution >= 4 is 23.2 Å². The van der Waals surface area contributed by atoms with Crippen molar-refractivity contribution in [3.8, 4) is 0 Å². The van der Waals surface area contributed by atoms with Crippen molar-refractivity contribution in [2.45, 2.75) is 0 Å². The zero-order valence-corrected chi connectivity index (χ0v) is 4.79. The molecule has 0 heterocycles. The molecule has 0 aliphatic carbocycles. The fourth-order valence-electron chi connectivity index (χ4n) is 0. The van der Waals surface area contributed by atoms with Crippen LogP contribution >= 0.6 is 12.6 Å². The first-order valence-electron chi connectivity index (χ1n) is 0.947. The van der Waals surface area contributed by atoms with Gasteiger partial charge in [0.15, 0.2) is 0 Å². The van der Waals surface area contributed by atoms with Gasteiger partial charge < -0.3 is 0 Å². The average molecular weight is 128 g/mol. The largest absolute Gasteiger partial charge is 0.425 e. The number of rotatable bonds is 0. The van der Waals surface area contributed by atoms with Gasteiger partial charge in [0.1, 0.15) is 0 Å². The summed E-state index contributed by atoms with van der Waals surface area (Å²) in [6, 6.07) is 0. The molecule has 38 valence electrons. The minimum atomic E-state index is -3.11. The number of thiol groups is 1. The summed E-state index contributed by atoms with van der Waals surface area (Å²) in [4.78, 5) is 0. The summed E-state index contributed by atoms with van der Waals surface area (Å²) in [5, 5.41) is 0. The van der Waals surface area contributed by atoms with E-state index in [1.54, 1.807) is 6.26 Å². The third-order valence-electron chi connectivity index (χ3n) is 0. The van der Waals surface area contributed by atoms with Gasteiger partial charge in [0.05, 0.1) is 0 Å². The van der Waals surface area contributed by atoms with E-state index in [2.05, 4.69) is 12.6 Å². The van der Waals surface area contributed by atoms with Crippen molar-refractivity contribution in [3.05, 3.63) is 0 Å². The molecule has 0 fully saturated rings. The van der Waals surface area contributed by atoms with E-state index in [-0.39, 0.29) is 0 Å². The maximum Gasteiger partial charge on any atom is 0.425 e. The quantitative estimate of drug-likeness (QED) is 0.449. The molecule has 0 spiro atoms. The third-order valence-corrected chi connectivity index (χ3v) is 0. The Morgan fingerprint density at radius 1 is 1.17 bits per heavy atom. The lowest BCUT2D eigenvalue weighted by molar-refractivity contribution is 0.559. The highest BCUT2D eigenvalue weighted by Crippen LogP contribution is 1.31. The molecule has 0 aliphatic heterocycles. The molecule has 5 heteroatoms. The van der Waals surface area contributed by atoms with Crippen LogP contribution in [0.4, 0.5) is 0 Å². The molecule has 3 nitrogen and oxygen atoms in total. The van der Waals surface area contributed by atoms with E-state index in [9.17, 15) is 0 Å². The van der Waals surface area contributed by atoms with Crippen molar-refractivity contribution in [1.29, 1.82) is 0 Å². The van der Waals surface area contributed by atoms with Gasteiger partial charge in [0, 0.05) is 0 Å². The number of hydrogen-bond donors (Lipinski definition) is 1. The maximum absolute atomic E-state index is 8.44. The van der Waals surface area contributed by atoms with E-state index in [0.717, 1.165) is 0 Å². The molecule has 0 aliphatic rings. The molecule has 0 aromatic heterocycles. The monoisotopic (exact) mass is 128 g/mol. The lowest BCUT2D eigenvalue weighted by atomic mass is 12.0. The summed E-state index contributed by atoms with van der Waals surface area (Å²) in [6.07, 6.45) is 1.69. The van der Waals surface area contributed by atoms with Crippen molar-refractivity contribution < 1.29 is 12.6 Å². The van der Waals surface area contributed by atoms with Crippen LogP contribution in [0.25, 0.3) is 0 Å². The highest BCUT2D eigenvalue weighted by atomic mass is 32.2. The van der Waals surface area contributed by atoms with Gasteiger partial charge >= 0.3 is 10.6 Å². The molecule has 0 radical (unpaired) electrons. The second-order valence-electron chi connectivity index (χ2n) is 0.204. The molecule has 0 aromatic carbocycles. The first-order valence-corrected chi connectivity index (χ1v) is 2.84. The van der Waals surface area contributed by atoms with E-state index >= 15 is 0 Å². The Balaban J connectivity index is 0. The van der Waals surface area contributed by atoms with Gasteiger partial charge in [-0.1, -0.05) is 0 Å². The van der Waals surface area contributed by atoms with Gasteiger partial charge in [-0.25, -0.2) is 0 Å². The Morgan fingerprint density at radius 3 is 1.17 bits per heavy atom. The molecule has 0 N–H and O–H groups in total. The van der Waals surface area contributed by atoms with Crippen molar-refractivity contribution in [2.75, 3.05) is 6.26 Å². The van der Waals surface area contributed by atoms with Crippen molar-refractivity contribution in [3.63, 3.8) is 0 Å². The third kappa shape index (κ3) is 38900. The van der Waals surface area contributed by atoms with Gasteiger partial charge in [-0.05, 0) is 6.26 Å². The molecule has 0 saturated heterocycles. The molecular weight excluding hydrogens is 124 g/mol. The predicted octanol–water partition coefficient (Wildman–Crippen LogP) is -0.458. The zero-order chi connectivity index (χ0) is 5.58. The second-order valence-corrected chi connectivity index (χ2v) is 0.612. The Bertz CT molecular complexity index is 78.2. The summed E-state index contributed by atoms with van der Waals surface area (Å²) in [6.45, 7) is 0. The fraction of sp³-hybridized carbons (Fsp3) is 1.00.